The molecule has 1 aliphatic heterocycles. The van der Waals surface area contributed by atoms with Crippen LogP contribution in [0.1, 0.15) is 23.6 Å². The largest absolute Gasteiger partial charge is 0.497 e. The molecule has 4 rings (SSSR count). The Hall–Kier alpha value is -2.49. The molecule has 3 aromatic carbocycles. The van der Waals surface area contributed by atoms with Gasteiger partial charge in [-0.05, 0) is 53.6 Å². The van der Waals surface area contributed by atoms with E-state index in [9.17, 15) is 0 Å². The standard InChI is InChI=1S/C22H18Cl2N2O/c1-27-20-11-7-16(8-12-20)22-14-21(15-5-9-17(23)10-6-15)25-26(22)19-4-2-3-18(24)13-19/h2-13,22H,14H2,1H3/t22-/m1/s1. The highest BCUT2D eigenvalue weighted by molar-refractivity contribution is 6.31. The van der Waals surface area contributed by atoms with Crippen molar-refractivity contribution < 1.29 is 4.74 Å². The summed E-state index contributed by atoms with van der Waals surface area (Å²) in [5, 5.41) is 8.37. The lowest BCUT2D eigenvalue weighted by Gasteiger charge is -2.24. The van der Waals surface area contributed by atoms with Crippen LogP contribution in [0.4, 0.5) is 5.69 Å². The molecule has 0 saturated heterocycles. The first-order chi connectivity index (χ1) is 13.1. The quantitative estimate of drug-likeness (QED) is 0.512. The maximum absolute atomic E-state index is 6.22. The molecule has 3 aromatic rings. The summed E-state index contributed by atoms with van der Waals surface area (Å²) in [4.78, 5) is 0. The van der Waals surface area contributed by atoms with E-state index in [0.717, 1.165) is 34.2 Å². The fourth-order valence-electron chi connectivity index (χ4n) is 3.27. The third-order valence-corrected chi connectivity index (χ3v) is 5.15. The van der Waals surface area contributed by atoms with Gasteiger partial charge in [0.25, 0.3) is 0 Å². The molecule has 0 aromatic heterocycles. The fourth-order valence-corrected chi connectivity index (χ4v) is 3.58. The molecule has 1 atom stereocenters. The Kier molecular flexibility index (Phi) is 5.06. The topological polar surface area (TPSA) is 24.8 Å². The summed E-state index contributed by atoms with van der Waals surface area (Å²) in [6, 6.07) is 23.8. The average Bonchev–Trinajstić information content (AvgIpc) is 3.14. The van der Waals surface area contributed by atoms with Crippen LogP contribution in [0.3, 0.4) is 0 Å². The molecule has 0 bridgehead atoms. The highest BCUT2D eigenvalue weighted by atomic mass is 35.5. The molecule has 5 heteroatoms. The Morgan fingerprint density at radius 3 is 2.33 bits per heavy atom. The number of ether oxygens (including phenoxy) is 1. The minimum absolute atomic E-state index is 0.0834. The van der Waals surface area contributed by atoms with Gasteiger partial charge in [-0.25, -0.2) is 0 Å². The maximum atomic E-state index is 6.22. The van der Waals surface area contributed by atoms with E-state index in [0.29, 0.717) is 5.02 Å². The predicted octanol–water partition coefficient (Wildman–Crippen LogP) is 6.36. The molecule has 0 N–H and O–H groups in total. The number of hydrogen-bond acceptors (Lipinski definition) is 3. The second-order valence-electron chi connectivity index (χ2n) is 6.37. The summed E-state index contributed by atoms with van der Waals surface area (Å²) in [7, 11) is 1.67. The van der Waals surface area contributed by atoms with Gasteiger partial charge in [0.15, 0.2) is 0 Å². The van der Waals surface area contributed by atoms with Crippen LogP contribution in [0.2, 0.25) is 10.0 Å². The van der Waals surface area contributed by atoms with Crippen molar-refractivity contribution in [2.75, 3.05) is 12.1 Å². The van der Waals surface area contributed by atoms with Gasteiger partial charge in [-0.15, -0.1) is 0 Å². The molecule has 0 fully saturated rings. The van der Waals surface area contributed by atoms with Gasteiger partial charge in [0.05, 0.1) is 24.6 Å². The Balaban J connectivity index is 1.73. The van der Waals surface area contributed by atoms with Crippen LogP contribution in [-0.4, -0.2) is 12.8 Å². The third kappa shape index (κ3) is 3.80. The van der Waals surface area contributed by atoms with E-state index in [1.807, 2.05) is 65.7 Å². The van der Waals surface area contributed by atoms with Gasteiger partial charge in [-0.1, -0.05) is 53.5 Å². The van der Waals surface area contributed by atoms with E-state index in [4.69, 9.17) is 33.0 Å². The van der Waals surface area contributed by atoms with Gasteiger partial charge in [-0.3, -0.25) is 5.01 Å². The molecule has 0 aliphatic carbocycles. The number of methoxy groups -OCH3 is 1. The molecule has 0 spiro atoms. The van der Waals surface area contributed by atoms with E-state index >= 15 is 0 Å². The van der Waals surface area contributed by atoms with Crippen LogP contribution < -0.4 is 9.75 Å². The average molecular weight is 397 g/mol. The number of halogens is 2. The van der Waals surface area contributed by atoms with Crippen molar-refractivity contribution in [1.29, 1.82) is 0 Å². The summed E-state index contributed by atoms with van der Waals surface area (Å²) in [6.45, 7) is 0. The van der Waals surface area contributed by atoms with E-state index in [-0.39, 0.29) is 6.04 Å². The van der Waals surface area contributed by atoms with Crippen molar-refractivity contribution in [3.05, 3.63) is 94.0 Å². The predicted molar refractivity (Wildman–Crippen MR) is 112 cm³/mol. The zero-order chi connectivity index (χ0) is 18.8. The lowest BCUT2D eigenvalue weighted by Crippen LogP contribution is -2.18. The molecule has 3 nitrogen and oxygen atoms in total. The maximum Gasteiger partial charge on any atom is 0.118 e. The van der Waals surface area contributed by atoms with E-state index in [1.165, 1.54) is 5.56 Å². The van der Waals surface area contributed by atoms with Crippen LogP contribution in [0, 0.1) is 0 Å². The molecule has 0 saturated carbocycles. The van der Waals surface area contributed by atoms with Gasteiger partial charge < -0.3 is 4.74 Å². The van der Waals surface area contributed by atoms with E-state index in [2.05, 4.69) is 12.1 Å². The second kappa shape index (κ2) is 7.63. The summed E-state index contributed by atoms with van der Waals surface area (Å²) in [6.07, 6.45) is 0.792. The Morgan fingerprint density at radius 2 is 1.67 bits per heavy atom. The molecule has 136 valence electrons. The zero-order valence-electron chi connectivity index (χ0n) is 14.8. The molecule has 27 heavy (non-hydrogen) atoms. The Morgan fingerprint density at radius 1 is 0.926 bits per heavy atom. The van der Waals surface area contributed by atoms with Gasteiger partial charge in [0, 0.05) is 16.5 Å². The normalized spacial score (nSPS) is 16.3. The van der Waals surface area contributed by atoms with Gasteiger partial charge in [0.1, 0.15) is 5.75 Å². The first-order valence-electron chi connectivity index (χ1n) is 8.66. The lowest BCUT2D eigenvalue weighted by molar-refractivity contribution is 0.414. The number of benzene rings is 3. The van der Waals surface area contributed by atoms with Gasteiger partial charge in [0.2, 0.25) is 0 Å². The lowest BCUT2D eigenvalue weighted by atomic mass is 9.98. The number of rotatable bonds is 4. The number of nitrogens with zero attached hydrogens (tertiary/aromatic N) is 2. The number of hydrazone groups is 1. The molecule has 0 radical (unpaired) electrons. The Bertz CT molecular complexity index is 968. The monoisotopic (exact) mass is 396 g/mol. The fraction of sp³-hybridized carbons (Fsp3) is 0.136. The third-order valence-electron chi connectivity index (χ3n) is 4.66. The van der Waals surface area contributed by atoms with E-state index < -0.39 is 0 Å². The first-order valence-corrected chi connectivity index (χ1v) is 9.42. The second-order valence-corrected chi connectivity index (χ2v) is 7.24. The Labute approximate surface area is 168 Å². The molecule has 0 amide bonds. The summed E-state index contributed by atoms with van der Waals surface area (Å²) >= 11 is 12.3. The van der Waals surface area contributed by atoms with Crippen molar-refractivity contribution >= 4 is 34.6 Å². The summed E-state index contributed by atoms with van der Waals surface area (Å²) < 4.78 is 5.29. The summed E-state index contributed by atoms with van der Waals surface area (Å²) in [5.41, 5.74) is 4.23. The van der Waals surface area contributed by atoms with Gasteiger partial charge >= 0.3 is 0 Å². The zero-order valence-corrected chi connectivity index (χ0v) is 16.3. The van der Waals surface area contributed by atoms with Crippen molar-refractivity contribution in [3.63, 3.8) is 0 Å². The summed E-state index contributed by atoms with van der Waals surface area (Å²) in [5.74, 6) is 0.838. The molecule has 0 unspecified atom stereocenters. The smallest absolute Gasteiger partial charge is 0.118 e. The van der Waals surface area contributed by atoms with Crippen molar-refractivity contribution in [2.24, 2.45) is 5.10 Å². The van der Waals surface area contributed by atoms with Crippen LogP contribution in [0.5, 0.6) is 5.75 Å². The number of hydrogen-bond donors (Lipinski definition) is 0. The minimum Gasteiger partial charge on any atom is -0.497 e. The number of anilines is 1. The molecular weight excluding hydrogens is 379 g/mol. The highest BCUT2D eigenvalue weighted by Gasteiger charge is 2.30. The highest BCUT2D eigenvalue weighted by Crippen LogP contribution is 2.38. The first kappa shape index (κ1) is 17.9. The van der Waals surface area contributed by atoms with E-state index in [1.54, 1.807) is 7.11 Å². The van der Waals surface area contributed by atoms with Crippen LogP contribution >= 0.6 is 23.2 Å². The van der Waals surface area contributed by atoms with Crippen LogP contribution in [0.25, 0.3) is 0 Å². The van der Waals surface area contributed by atoms with Crippen LogP contribution in [0.15, 0.2) is 77.9 Å². The minimum atomic E-state index is 0.0834. The molecular formula is C22H18Cl2N2O. The van der Waals surface area contributed by atoms with Crippen molar-refractivity contribution in [1.82, 2.24) is 0 Å². The molecule has 1 heterocycles. The SMILES string of the molecule is COc1ccc([C@H]2CC(c3ccc(Cl)cc3)=NN2c2cccc(Cl)c2)cc1. The van der Waals surface area contributed by atoms with Gasteiger partial charge in [-0.2, -0.15) is 5.10 Å². The van der Waals surface area contributed by atoms with Crippen molar-refractivity contribution in [3.8, 4) is 5.75 Å². The van der Waals surface area contributed by atoms with Crippen LogP contribution in [-0.2, 0) is 0 Å². The van der Waals surface area contributed by atoms with Crippen molar-refractivity contribution in [2.45, 2.75) is 12.5 Å². The molecule has 1 aliphatic rings.